The monoisotopic (exact) mass is 488 g/mol. The Kier molecular flexibility index (Phi) is 7.09. The molecule has 1 fully saturated rings. The lowest BCUT2D eigenvalue weighted by Crippen LogP contribution is -2.61. The normalized spacial score (nSPS) is 18.5. The maximum Gasteiger partial charge on any atom is 0.278 e. The minimum Gasteiger partial charge on any atom is -0.502 e. The maximum absolute atomic E-state index is 14.0. The second kappa shape index (κ2) is 10.1. The second-order valence-electron chi connectivity index (χ2n) is 9.18. The quantitative estimate of drug-likeness (QED) is 0.652. The Morgan fingerprint density at radius 3 is 2.54 bits per heavy atom. The van der Waals surface area contributed by atoms with Crippen LogP contribution in [0, 0.1) is 17.6 Å². The lowest BCUT2D eigenvalue weighted by atomic mass is 9.89. The number of carbonyl (C=O) groups is 2. The Labute approximate surface area is 202 Å². The highest BCUT2D eigenvalue weighted by molar-refractivity contribution is 5.99. The predicted molar refractivity (Wildman–Crippen MR) is 126 cm³/mol. The Balaban J connectivity index is 1.69. The van der Waals surface area contributed by atoms with E-state index in [1.165, 1.54) is 23.4 Å². The van der Waals surface area contributed by atoms with Crippen molar-refractivity contribution >= 4 is 11.8 Å². The van der Waals surface area contributed by atoms with Crippen molar-refractivity contribution in [3.05, 3.63) is 63.1 Å². The fourth-order valence-corrected chi connectivity index (χ4v) is 5.02. The SMILES string of the molecule is CCN1C(=O)c2c(O)c(=O)c(C(=O)NCc3ccc(F)cc3F)cn2N(CC2CCCCC2)[C@H]1C. The maximum atomic E-state index is 14.0. The van der Waals surface area contributed by atoms with Gasteiger partial charge in [0.15, 0.2) is 11.4 Å². The summed E-state index contributed by atoms with van der Waals surface area (Å²) in [6.45, 7) is 4.41. The number of carbonyl (C=O) groups excluding carboxylic acids is 2. The molecule has 2 amide bonds. The predicted octanol–water partition coefficient (Wildman–Crippen LogP) is 3.10. The largest absolute Gasteiger partial charge is 0.502 e. The number of pyridine rings is 1. The third-order valence-corrected chi connectivity index (χ3v) is 7.00. The van der Waals surface area contributed by atoms with Gasteiger partial charge in [-0.2, -0.15) is 0 Å². The van der Waals surface area contributed by atoms with Crippen LogP contribution in [0.4, 0.5) is 8.78 Å². The van der Waals surface area contributed by atoms with Crippen molar-refractivity contribution in [3.8, 4) is 5.75 Å². The van der Waals surface area contributed by atoms with E-state index in [1.54, 1.807) is 4.90 Å². The number of nitrogens with zero attached hydrogens (tertiary/aromatic N) is 3. The molecule has 2 aromatic rings. The topological polar surface area (TPSA) is 94.9 Å². The average Bonchev–Trinajstić information content (AvgIpc) is 2.83. The number of fused-ring (bicyclic) bond motifs is 1. The molecule has 0 bridgehead atoms. The Morgan fingerprint density at radius 2 is 1.89 bits per heavy atom. The van der Waals surface area contributed by atoms with E-state index in [0.29, 0.717) is 25.1 Å². The highest BCUT2D eigenvalue weighted by Gasteiger charge is 2.38. The van der Waals surface area contributed by atoms with Gasteiger partial charge < -0.3 is 15.3 Å². The van der Waals surface area contributed by atoms with Crippen LogP contribution in [0.3, 0.4) is 0 Å². The number of aromatic nitrogens is 1. The molecule has 0 unspecified atom stereocenters. The molecule has 8 nitrogen and oxygen atoms in total. The number of aromatic hydroxyl groups is 1. The summed E-state index contributed by atoms with van der Waals surface area (Å²) >= 11 is 0. The first-order chi connectivity index (χ1) is 16.7. The van der Waals surface area contributed by atoms with E-state index < -0.39 is 34.6 Å². The van der Waals surface area contributed by atoms with Crippen molar-refractivity contribution in [3.63, 3.8) is 0 Å². The van der Waals surface area contributed by atoms with Crippen LogP contribution in [0.25, 0.3) is 0 Å². The lowest BCUT2D eigenvalue weighted by molar-refractivity contribution is 0.0589. The molecule has 2 N–H and O–H groups in total. The molecule has 1 saturated carbocycles. The van der Waals surface area contributed by atoms with Gasteiger partial charge in [-0.05, 0) is 38.7 Å². The van der Waals surface area contributed by atoms with Crippen molar-refractivity contribution in [1.82, 2.24) is 14.9 Å². The van der Waals surface area contributed by atoms with Crippen LogP contribution >= 0.6 is 0 Å². The summed E-state index contributed by atoms with van der Waals surface area (Å²) in [7, 11) is 0. The fourth-order valence-electron chi connectivity index (χ4n) is 5.02. The summed E-state index contributed by atoms with van der Waals surface area (Å²) in [5, 5.41) is 15.1. The zero-order chi connectivity index (χ0) is 25.3. The highest BCUT2D eigenvalue weighted by Crippen LogP contribution is 2.29. The molecule has 10 heteroatoms. The van der Waals surface area contributed by atoms with Crippen LogP contribution in [0.2, 0.25) is 0 Å². The van der Waals surface area contributed by atoms with Crippen LogP contribution in [0.5, 0.6) is 5.75 Å². The molecule has 2 aliphatic rings. The second-order valence-corrected chi connectivity index (χ2v) is 9.18. The molecule has 0 radical (unpaired) electrons. The minimum absolute atomic E-state index is 0.0448. The van der Waals surface area contributed by atoms with Gasteiger partial charge in [0.1, 0.15) is 23.4 Å². The number of halogens is 2. The van der Waals surface area contributed by atoms with Gasteiger partial charge in [0.2, 0.25) is 5.43 Å². The summed E-state index contributed by atoms with van der Waals surface area (Å²) in [5.74, 6) is -3.31. The molecular formula is C25H30F2N4O4. The van der Waals surface area contributed by atoms with Crippen LogP contribution in [0.1, 0.15) is 72.4 Å². The van der Waals surface area contributed by atoms with E-state index in [4.69, 9.17) is 0 Å². The van der Waals surface area contributed by atoms with E-state index in [1.807, 2.05) is 18.9 Å². The van der Waals surface area contributed by atoms with Gasteiger partial charge in [0.25, 0.3) is 11.8 Å². The summed E-state index contributed by atoms with van der Waals surface area (Å²) in [6, 6.07) is 2.98. The third kappa shape index (κ3) is 4.74. The first kappa shape index (κ1) is 24.7. The number of nitrogens with one attached hydrogen (secondary N) is 1. The van der Waals surface area contributed by atoms with Gasteiger partial charge in [-0.15, -0.1) is 0 Å². The number of hydrogen-bond acceptors (Lipinski definition) is 5. The summed E-state index contributed by atoms with van der Waals surface area (Å²) in [4.78, 5) is 40.5. The van der Waals surface area contributed by atoms with Crippen LogP contribution in [-0.2, 0) is 6.54 Å². The Bertz CT molecular complexity index is 1190. The molecule has 1 aromatic carbocycles. The molecule has 1 aliphatic heterocycles. The number of amides is 2. The Morgan fingerprint density at radius 1 is 1.17 bits per heavy atom. The Hall–Kier alpha value is -3.43. The van der Waals surface area contributed by atoms with Crippen LogP contribution in [-0.4, -0.2) is 45.8 Å². The van der Waals surface area contributed by atoms with E-state index in [-0.39, 0.29) is 29.5 Å². The first-order valence-corrected chi connectivity index (χ1v) is 12.0. The molecule has 188 valence electrons. The van der Waals surface area contributed by atoms with Gasteiger partial charge in [-0.25, -0.2) is 8.78 Å². The molecule has 1 aliphatic carbocycles. The summed E-state index contributed by atoms with van der Waals surface area (Å²) in [5.41, 5.74) is -1.48. The lowest BCUT2D eigenvalue weighted by Gasteiger charge is -2.46. The van der Waals surface area contributed by atoms with Gasteiger partial charge in [0.05, 0.1) is 0 Å². The minimum atomic E-state index is -0.982. The van der Waals surface area contributed by atoms with Crippen LogP contribution in [0.15, 0.2) is 29.2 Å². The smallest absolute Gasteiger partial charge is 0.278 e. The van der Waals surface area contributed by atoms with E-state index in [9.17, 15) is 28.3 Å². The molecule has 35 heavy (non-hydrogen) atoms. The van der Waals surface area contributed by atoms with Crippen molar-refractivity contribution in [1.29, 1.82) is 0 Å². The fraction of sp³-hybridized carbons (Fsp3) is 0.480. The van der Waals surface area contributed by atoms with Crippen molar-refractivity contribution in [2.45, 2.75) is 58.7 Å². The van der Waals surface area contributed by atoms with E-state index >= 15 is 0 Å². The average molecular weight is 489 g/mol. The molecule has 0 saturated heterocycles. The highest BCUT2D eigenvalue weighted by atomic mass is 19.1. The molecule has 1 atom stereocenters. The molecule has 2 heterocycles. The number of benzene rings is 1. The van der Waals surface area contributed by atoms with Gasteiger partial charge in [-0.3, -0.25) is 24.1 Å². The van der Waals surface area contributed by atoms with Crippen molar-refractivity contribution in [2.24, 2.45) is 5.92 Å². The van der Waals surface area contributed by atoms with Crippen LogP contribution < -0.4 is 15.8 Å². The molecule has 4 rings (SSSR count). The van der Waals surface area contributed by atoms with Crippen molar-refractivity contribution in [2.75, 3.05) is 18.1 Å². The van der Waals surface area contributed by atoms with Gasteiger partial charge in [0, 0.05) is 37.5 Å². The van der Waals surface area contributed by atoms with Crippen molar-refractivity contribution < 1.29 is 23.5 Å². The molecule has 0 spiro atoms. The zero-order valence-corrected chi connectivity index (χ0v) is 19.9. The number of hydrogen-bond donors (Lipinski definition) is 2. The molecular weight excluding hydrogens is 458 g/mol. The third-order valence-electron chi connectivity index (χ3n) is 7.00. The standard InChI is InChI=1S/C25H30F2N4O4/c1-3-29-15(2)30(13-16-7-5-4-6-8-16)31-14-19(22(32)23(33)21(31)25(29)35)24(34)28-12-17-9-10-18(26)11-20(17)27/h9-11,14-16,33H,3-8,12-13H2,1-2H3,(H,28,34)/t15-/m0/s1. The zero-order valence-electron chi connectivity index (χ0n) is 19.9. The number of rotatable bonds is 6. The first-order valence-electron chi connectivity index (χ1n) is 12.0. The summed E-state index contributed by atoms with van der Waals surface area (Å²) in [6.07, 6.45) is 6.45. The molecule has 1 aromatic heterocycles. The van der Waals surface area contributed by atoms with E-state index in [0.717, 1.165) is 31.7 Å². The van der Waals surface area contributed by atoms with Gasteiger partial charge >= 0.3 is 0 Å². The van der Waals surface area contributed by atoms with E-state index in [2.05, 4.69) is 5.32 Å². The summed E-state index contributed by atoms with van der Waals surface area (Å²) < 4.78 is 28.5. The van der Waals surface area contributed by atoms with Gasteiger partial charge in [-0.1, -0.05) is 25.3 Å².